The highest BCUT2D eigenvalue weighted by molar-refractivity contribution is 5.64. The quantitative estimate of drug-likeness (QED) is 0.311. The number of aromatic hydroxyl groups is 2. The van der Waals surface area contributed by atoms with Gasteiger partial charge in [0.05, 0.1) is 24.6 Å². The highest BCUT2D eigenvalue weighted by atomic mass is 16.5. The number of hydrogen-bond acceptors (Lipinski definition) is 8. The second-order valence-electron chi connectivity index (χ2n) is 6.26. The first-order valence-corrected chi connectivity index (χ1v) is 9.37. The Kier molecular flexibility index (Phi) is 6.26. The van der Waals surface area contributed by atoms with Crippen molar-refractivity contribution in [1.29, 1.82) is 0 Å². The Bertz CT molecular complexity index is 960. The Balaban J connectivity index is 1.82. The van der Waals surface area contributed by atoms with Crippen LogP contribution in [0.15, 0.2) is 48.5 Å². The zero-order chi connectivity index (χ0) is 21.7. The average Bonchev–Trinajstić information content (AvgIpc) is 2.70. The molecular formula is C22H24N2O6. The molecule has 3 aromatic rings. The lowest BCUT2D eigenvalue weighted by Crippen LogP contribution is -1.97. The third-order valence-corrected chi connectivity index (χ3v) is 4.03. The summed E-state index contributed by atoms with van der Waals surface area (Å²) in [6, 6.07) is 13.0. The summed E-state index contributed by atoms with van der Waals surface area (Å²) < 4.78 is 22.4. The molecule has 0 saturated carbocycles. The molecular weight excluding hydrogens is 388 g/mol. The van der Waals surface area contributed by atoms with Crippen molar-refractivity contribution < 1.29 is 29.2 Å². The van der Waals surface area contributed by atoms with Crippen LogP contribution in [0.25, 0.3) is 0 Å². The third-order valence-electron chi connectivity index (χ3n) is 4.03. The number of nitrogen functional groups attached to an aromatic ring is 2. The van der Waals surface area contributed by atoms with E-state index < -0.39 is 0 Å². The lowest BCUT2D eigenvalue weighted by Gasteiger charge is -2.14. The van der Waals surface area contributed by atoms with Gasteiger partial charge in [-0.3, -0.25) is 0 Å². The van der Waals surface area contributed by atoms with Crippen molar-refractivity contribution in [2.75, 3.05) is 24.7 Å². The number of rotatable bonds is 8. The van der Waals surface area contributed by atoms with Crippen molar-refractivity contribution >= 4 is 11.4 Å². The minimum Gasteiger partial charge on any atom is -0.503 e. The molecule has 158 valence electrons. The maximum atomic E-state index is 9.97. The molecule has 0 unspecified atom stereocenters. The molecule has 0 heterocycles. The van der Waals surface area contributed by atoms with Crippen LogP contribution in [-0.4, -0.2) is 23.4 Å². The van der Waals surface area contributed by atoms with Gasteiger partial charge in [-0.1, -0.05) is 6.07 Å². The zero-order valence-corrected chi connectivity index (χ0v) is 16.7. The van der Waals surface area contributed by atoms with E-state index in [1.165, 1.54) is 12.1 Å². The van der Waals surface area contributed by atoms with E-state index in [2.05, 4.69) is 0 Å². The second kappa shape index (κ2) is 9.04. The molecule has 0 radical (unpaired) electrons. The van der Waals surface area contributed by atoms with Crippen LogP contribution in [0.1, 0.15) is 13.8 Å². The molecule has 0 aliphatic heterocycles. The Morgan fingerprint density at radius 3 is 1.50 bits per heavy atom. The van der Waals surface area contributed by atoms with Crippen LogP contribution in [0, 0.1) is 0 Å². The Morgan fingerprint density at radius 2 is 1.10 bits per heavy atom. The van der Waals surface area contributed by atoms with Gasteiger partial charge in [0.2, 0.25) is 0 Å². The summed E-state index contributed by atoms with van der Waals surface area (Å²) in [5.74, 6) is 1.99. The third kappa shape index (κ3) is 4.72. The fourth-order valence-corrected chi connectivity index (χ4v) is 2.73. The molecule has 3 rings (SSSR count). The van der Waals surface area contributed by atoms with Gasteiger partial charge >= 0.3 is 0 Å². The lowest BCUT2D eigenvalue weighted by molar-refractivity contribution is 0.316. The van der Waals surface area contributed by atoms with Crippen molar-refractivity contribution in [2.45, 2.75) is 13.8 Å². The van der Waals surface area contributed by atoms with Crippen LogP contribution in [0.3, 0.4) is 0 Å². The molecule has 0 aliphatic rings. The number of phenols is 2. The minimum atomic E-state index is -0.128. The summed E-state index contributed by atoms with van der Waals surface area (Å²) in [5.41, 5.74) is 11.9. The van der Waals surface area contributed by atoms with E-state index in [4.69, 9.17) is 30.4 Å². The lowest BCUT2D eigenvalue weighted by atomic mass is 10.2. The summed E-state index contributed by atoms with van der Waals surface area (Å²) in [4.78, 5) is 0. The highest BCUT2D eigenvalue weighted by Crippen LogP contribution is 2.40. The number of anilines is 2. The van der Waals surface area contributed by atoms with Crippen molar-refractivity contribution in [1.82, 2.24) is 0 Å². The topological polar surface area (TPSA) is 129 Å². The largest absolute Gasteiger partial charge is 0.503 e. The van der Waals surface area contributed by atoms with Crippen LogP contribution < -0.4 is 30.4 Å². The smallest absolute Gasteiger partial charge is 0.181 e. The van der Waals surface area contributed by atoms with Crippen molar-refractivity contribution in [3.63, 3.8) is 0 Å². The van der Waals surface area contributed by atoms with E-state index in [1.54, 1.807) is 50.2 Å². The number of benzene rings is 3. The van der Waals surface area contributed by atoms with Crippen LogP contribution in [-0.2, 0) is 0 Å². The second-order valence-corrected chi connectivity index (χ2v) is 6.26. The molecule has 6 N–H and O–H groups in total. The summed E-state index contributed by atoms with van der Waals surface area (Å²) in [5, 5.41) is 19.9. The average molecular weight is 412 g/mol. The molecule has 8 heteroatoms. The number of ether oxygens (including phenoxy) is 4. The summed E-state index contributed by atoms with van der Waals surface area (Å²) in [6.07, 6.45) is 0. The van der Waals surface area contributed by atoms with Gasteiger partial charge in [0, 0.05) is 30.3 Å². The van der Waals surface area contributed by atoms with Gasteiger partial charge in [-0.15, -0.1) is 0 Å². The normalized spacial score (nSPS) is 10.5. The molecule has 3 aromatic carbocycles. The molecule has 8 nitrogen and oxygen atoms in total. The number of nitrogens with two attached hydrogens (primary N) is 2. The Labute approximate surface area is 174 Å². The summed E-state index contributed by atoms with van der Waals surface area (Å²) in [7, 11) is 0. The first-order chi connectivity index (χ1) is 14.4. The van der Waals surface area contributed by atoms with E-state index in [-0.39, 0.29) is 34.4 Å². The predicted molar refractivity (Wildman–Crippen MR) is 114 cm³/mol. The van der Waals surface area contributed by atoms with Crippen molar-refractivity contribution in [3.05, 3.63) is 48.5 Å². The monoisotopic (exact) mass is 412 g/mol. The number of hydrogen-bond donors (Lipinski definition) is 4. The van der Waals surface area contributed by atoms with Gasteiger partial charge in [0.1, 0.15) is 23.0 Å². The first kappa shape index (κ1) is 20.8. The van der Waals surface area contributed by atoms with E-state index in [9.17, 15) is 10.2 Å². The van der Waals surface area contributed by atoms with E-state index in [0.29, 0.717) is 36.2 Å². The fourth-order valence-electron chi connectivity index (χ4n) is 2.73. The van der Waals surface area contributed by atoms with Crippen LogP contribution in [0.2, 0.25) is 0 Å². The molecule has 30 heavy (non-hydrogen) atoms. The molecule has 0 saturated heterocycles. The molecule has 0 aliphatic carbocycles. The van der Waals surface area contributed by atoms with Gasteiger partial charge in [-0.25, -0.2) is 0 Å². The predicted octanol–water partition coefficient (Wildman–Crippen LogP) is 4.64. The summed E-state index contributed by atoms with van der Waals surface area (Å²) >= 11 is 0. The van der Waals surface area contributed by atoms with E-state index in [1.807, 2.05) is 0 Å². The zero-order valence-electron chi connectivity index (χ0n) is 16.7. The molecule has 0 aromatic heterocycles. The van der Waals surface area contributed by atoms with Crippen molar-refractivity contribution in [3.8, 4) is 46.0 Å². The molecule has 0 fully saturated rings. The Hall–Kier alpha value is -3.94. The number of phenolic OH excluding ortho intramolecular Hbond substituents is 2. The highest BCUT2D eigenvalue weighted by Gasteiger charge is 2.12. The first-order valence-electron chi connectivity index (χ1n) is 9.37. The summed E-state index contributed by atoms with van der Waals surface area (Å²) in [6.45, 7) is 4.35. The van der Waals surface area contributed by atoms with E-state index in [0.717, 1.165) is 0 Å². The van der Waals surface area contributed by atoms with Gasteiger partial charge in [0.15, 0.2) is 23.0 Å². The SMILES string of the molecule is CCOc1cc(Oc2cccc(Oc3cc(N)c(O)c(OCC)c3)c2)cc(N)c1O. The van der Waals surface area contributed by atoms with Crippen LogP contribution in [0.4, 0.5) is 11.4 Å². The molecule has 0 spiro atoms. The van der Waals surface area contributed by atoms with E-state index >= 15 is 0 Å². The maximum Gasteiger partial charge on any atom is 0.181 e. The standard InChI is InChI=1S/C22H24N2O6/c1-3-27-19-11-15(9-17(23)21(19)25)29-13-6-5-7-14(8-13)30-16-10-18(24)22(26)20(12-16)28-4-2/h5-12,25-26H,3-4,23-24H2,1-2H3. The van der Waals surface area contributed by atoms with Crippen molar-refractivity contribution in [2.24, 2.45) is 0 Å². The fraction of sp³-hybridized carbons (Fsp3) is 0.182. The van der Waals surface area contributed by atoms with Gasteiger partial charge in [-0.05, 0) is 26.0 Å². The maximum absolute atomic E-state index is 9.97. The molecule has 0 amide bonds. The minimum absolute atomic E-state index is 0.128. The van der Waals surface area contributed by atoms with Gasteiger partial charge in [-0.2, -0.15) is 0 Å². The molecule has 0 bridgehead atoms. The Morgan fingerprint density at radius 1 is 0.667 bits per heavy atom. The van der Waals surface area contributed by atoms with Gasteiger partial charge < -0.3 is 40.6 Å². The van der Waals surface area contributed by atoms with Crippen LogP contribution >= 0.6 is 0 Å². The van der Waals surface area contributed by atoms with Gasteiger partial charge in [0.25, 0.3) is 0 Å². The molecule has 0 atom stereocenters. The van der Waals surface area contributed by atoms with Crippen LogP contribution in [0.5, 0.6) is 46.0 Å².